The molecule has 0 spiro atoms. The van der Waals surface area contributed by atoms with Gasteiger partial charge in [0.1, 0.15) is 0 Å². The fourth-order valence-electron chi connectivity index (χ4n) is 1.89. The van der Waals surface area contributed by atoms with E-state index in [0.29, 0.717) is 23.6 Å². The number of hydrogen-bond donors (Lipinski definition) is 1. The Bertz CT molecular complexity index is 404. The molecule has 1 rings (SSSR count). The predicted molar refractivity (Wildman–Crippen MR) is 71.6 cm³/mol. The largest absolute Gasteiger partial charge is 0.493 e. The van der Waals surface area contributed by atoms with E-state index in [2.05, 4.69) is 5.32 Å². The minimum atomic E-state index is -0.00639. The lowest BCUT2D eigenvalue weighted by molar-refractivity contribution is 0.0916. The average molecular weight is 251 g/mol. The van der Waals surface area contributed by atoms with Crippen LogP contribution in [-0.4, -0.2) is 33.6 Å². The van der Waals surface area contributed by atoms with Crippen LogP contribution >= 0.6 is 0 Å². The van der Waals surface area contributed by atoms with Gasteiger partial charge < -0.3 is 14.8 Å². The number of Topliss-reactive ketones (excluding diaryl/α,β-unsaturated/α-hetero) is 1. The van der Waals surface area contributed by atoms with Gasteiger partial charge in [-0.25, -0.2) is 0 Å². The first-order valence-corrected chi connectivity index (χ1v) is 6.08. The monoisotopic (exact) mass is 251 g/mol. The Kier molecular flexibility index (Phi) is 5.65. The van der Waals surface area contributed by atoms with Gasteiger partial charge in [0.15, 0.2) is 17.3 Å². The molecule has 0 amide bonds. The van der Waals surface area contributed by atoms with Crippen LogP contribution in [0.25, 0.3) is 0 Å². The van der Waals surface area contributed by atoms with Gasteiger partial charge in [0.2, 0.25) is 0 Å². The van der Waals surface area contributed by atoms with Crippen LogP contribution in [-0.2, 0) is 0 Å². The van der Waals surface area contributed by atoms with Gasteiger partial charge in [-0.05, 0) is 31.7 Å². The number of carbonyl (C=O) groups excluding carboxylic acids is 1. The molecule has 4 heteroatoms. The Morgan fingerprint density at radius 1 is 1.28 bits per heavy atom. The summed E-state index contributed by atoms with van der Waals surface area (Å²) >= 11 is 0. The maximum absolute atomic E-state index is 12.3. The molecular formula is C14H21NO3. The van der Waals surface area contributed by atoms with Crippen LogP contribution in [0.2, 0.25) is 0 Å². The zero-order valence-electron chi connectivity index (χ0n) is 11.4. The molecule has 0 radical (unpaired) electrons. The molecule has 4 nitrogen and oxygen atoms in total. The van der Waals surface area contributed by atoms with Crippen molar-refractivity contribution in [2.75, 3.05) is 27.8 Å². The number of benzene rings is 1. The second kappa shape index (κ2) is 7.01. The summed E-state index contributed by atoms with van der Waals surface area (Å²) in [5.41, 5.74) is 0.662. The van der Waals surface area contributed by atoms with Crippen molar-refractivity contribution in [3.8, 4) is 11.5 Å². The van der Waals surface area contributed by atoms with Gasteiger partial charge in [-0.3, -0.25) is 4.79 Å². The zero-order chi connectivity index (χ0) is 13.5. The first-order valence-electron chi connectivity index (χ1n) is 6.08. The number of nitrogens with one attached hydrogen (secondary N) is 1. The van der Waals surface area contributed by atoms with Crippen molar-refractivity contribution in [1.29, 1.82) is 0 Å². The van der Waals surface area contributed by atoms with Crippen molar-refractivity contribution < 1.29 is 14.3 Å². The van der Waals surface area contributed by atoms with E-state index in [9.17, 15) is 4.79 Å². The Morgan fingerprint density at radius 3 is 2.44 bits per heavy atom. The Morgan fingerprint density at radius 2 is 1.94 bits per heavy atom. The summed E-state index contributed by atoms with van der Waals surface area (Å²) in [6.45, 7) is 2.70. The highest BCUT2D eigenvalue weighted by Gasteiger charge is 2.19. The van der Waals surface area contributed by atoms with Gasteiger partial charge in [-0.2, -0.15) is 0 Å². The van der Waals surface area contributed by atoms with Gasteiger partial charge in [0, 0.05) is 18.0 Å². The number of hydrogen-bond acceptors (Lipinski definition) is 4. The van der Waals surface area contributed by atoms with Crippen molar-refractivity contribution in [2.45, 2.75) is 13.3 Å². The third-order valence-electron chi connectivity index (χ3n) is 2.98. The van der Waals surface area contributed by atoms with E-state index in [0.717, 1.165) is 6.42 Å². The fraction of sp³-hybridized carbons (Fsp3) is 0.500. The van der Waals surface area contributed by atoms with Crippen molar-refractivity contribution in [2.24, 2.45) is 5.92 Å². The molecule has 100 valence electrons. The van der Waals surface area contributed by atoms with Gasteiger partial charge in [0.05, 0.1) is 14.2 Å². The summed E-state index contributed by atoms with van der Waals surface area (Å²) in [6.07, 6.45) is 0.814. The van der Waals surface area contributed by atoms with Gasteiger partial charge in [0.25, 0.3) is 0 Å². The third kappa shape index (κ3) is 3.23. The molecule has 0 fully saturated rings. The normalized spacial score (nSPS) is 12.0. The van der Waals surface area contributed by atoms with Crippen molar-refractivity contribution in [3.63, 3.8) is 0 Å². The van der Waals surface area contributed by atoms with Crippen molar-refractivity contribution in [3.05, 3.63) is 23.8 Å². The molecule has 1 unspecified atom stereocenters. The highest BCUT2D eigenvalue weighted by molar-refractivity contribution is 5.98. The van der Waals surface area contributed by atoms with Crippen LogP contribution < -0.4 is 14.8 Å². The van der Waals surface area contributed by atoms with E-state index >= 15 is 0 Å². The number of carbonyl (C=O) groups is 1. The first kappa shape index (κ1) is 14.5. The first-order chi connectivity index (χ1) is 8.67. The van der Waals surface area contributed by atoms with Crippen molar-refractivity contribution >= 4 is 5.78 Å². The zero-order valence-corrected chi connectivity index (χ0v) is 11.4. The lowest BCUT2D eigenvalue weighted by Crippen LogP contribution is -2.25. The molecule has 18 heavy (non-hydrogen) atoms. The molecule has 0 aliphatic heterocycles. The number of methoxy groups -OCH3 is 2. The van der Waals surface area contributed by atoms with Crippen LogP contribution in [0.5, 0.6) is 11.5 Å². The summed E-state index contributed by atoms with van der Waals surface area (Å²) in [6, 6.07) is 5.28. The fourth-order valence-corrected chi connectivity index (χ4v) is 1.89. The standard InChI is InChI=1S/C14H21NO3/c1-5-10(9-15-2)14(16)11-6-7-12(17-3)13(8-11)18-4/h6-8,10,15H,5,9H2,1-4H3. The maximum Gasteiger partial charge on any atom is 0.167 e. The van der Waals surface area contributed by atoms with Crippen molar-refractivity contribution in [1.82, 2.24) is 5.32 Å². The summed E-state index contributed by atoms with van der Waals surface area (Å²) in [7, 11) is 5.00. The van der Waals surface area contributed by atoms with E-state index in [1.54, 1.807) is 32.4 Å². The lowest BCUT2D eigenvalue weighted by atomic mass is 9.95. The number of rotatable bonds is 7. The molecule has 1 aromatic carbocycles. The molecule has 0 saturated carbocycles. The highest BCUT2D eigenvalue weighted by Crippen LogP contribution is 2.28. The Hall–Kier alpha value is -1.55. The summed E-state index contributed by atoms with van der Waals surface area (Å²) in [4.78, 5) is 12.3. The van der Waals surface area contributed by atoms with E-state index in [4.69, 9.17) is 9.47 Å². The Balaban J connectivity index is 2.98. The molecule has 0 aliphatic carbocycles. The van der Waals surface area contributed by atoms with E-state index in [1.165, 1.54) is 0 Å². The Labute approximate surface area is 108 Å². The van der Waals surface area contributed by atoms with Crippen LogP contribution in [0.15, 0.2) is 18.2 Å². The van der Waals surface area contributed by atoms with Crippen LogP contribution in [0.3, 0.4) is 0 Å². The lowest BCUT2D eigenvalue weighted by Gasteiger charge is -2.14. The third-order valence-corrected chi connectivity index (χ3v) is 2.98. The second-order valence-electron chi connectivity index (χ2n) is 4.10. The topological polar surface area (TPSA) is 47.6 Å². The molecule has 1 aromatic rings. The molecule has 0 aliphatic rings. The number of ether oxygens (including phenoxy) is 2. The molecule has 1 N–H and O–H groups in total. The van der Waals surface area contributed by atoms with Gasteiger partial charge in [-0.15, -0.1) is 0 Å². The van der Waals surface area contributed by atoms with E-state index in [1.807, 2.05) is 14.0 Å². The quantitative estimate of drug-likeness (QED) is 0.754. The molecule has 0 heterocycles. The summed E-state index contributed by atoms with van der Waals surface area (Å²) in [5, 5.41) is 3.04. The molecular weight excluding hydrogens is 230 g/mol. The average Bonchev–Trinajstić information content (AvgIpc) is 2.43. The smallest absolute Gasteiger partial charge is 0.167 e. The van der Waals surface area contributed by atoms with Gasteiger partial charge >= 0.3 is 0 Å². The van der Waals surface area contributed by atoms with Gasteiger partial charge in [-0.1, -0.05) is 6.92 Å². The predicted octanol–water partition coefficient (Wildman–Crippen LogP) is 2.13. The minimum absolute atomic E-state index is 0.00639. The van der Waals surface area contributed by atoms with Crippen LogP contribution in [0.4, 0.5) is 0 Å². The highest BCUT2D eigenvalue weighted by atomic mass is 16.5. The second-order valence-corrected chi connectivity index (χ2v) is 4.10. The SMILES string of the molecule is CCC(CNC)C(=O)c1ccc(OC)c(OC)c1. The number of ketones is 1. The minimum Gasteiger partial charge on any atom is -0.493 e. The van der Waals surface area contributed by atoms with E-state index < -0.39 is 0 Å². The molecule has 0 bridgehead atoms. The van der Waals surface area contributed by atoms with Crippen LogP contribution in [0, 0.1) is 5.92 Å². The summed E-state index contributed by atoms with van der Waals surface area (Å²) in [5.74, 6) is 1.35. The van der Waals surface area contributed by atoms with Crippen LogP contribution in [0.1, 0.15) is 23.7 Å². The molecule has 0 aromatic heterocycles. The maximum atomic E-state index is 12.3. The van der Waals surface area contributed by atoms with E-state index in [-0.39, 0.29) is 11.7 Å². The molecule has 1 atom stereocenters. The summed E-state index contributed by atoms with van der Waals surface area (Å²) < 4.78 is 10.4. The molecule has 0 saturated heterocycles.